The van der Waals surface area contributed by atoms with E-state index in [2.05, 4.69) is 47.8 Å². The first-order valence-electron chi connectivity index (χ1n) is 5.37. The minimum absolute atomic E-state index is 0.225. The molecule has 3 rings (SSSR count). The highest BCUT2D eigenvalue weighted by molar-refractivity contribution is 6.18. The lowest BCUT2D eigenvalue weighted by atomic mass is 10.2. The molecule has 0 amide bonds. The van der Waals surface area contributed by atoms with Crippen molar-refractivity contribution in [2.45, 2.75) is 13.0 Å². The normalized spacial score (nSPS) is 21.6. The van der Waals surface area contributed by atoms with Crippen LogP contribution in [0, 0.1) is 0 Å². The molecule has 0 aromatic heterocycles. The number of nitrogens with zero attached hydrogens (tertiary/aromatic N) is 3. The van der Waals surface area contributed by atoms with Crippen molar-refractivity contribution in [1.82, 2.24) is 0 Å². The summed E-state index contributed by atoms with van der Waals surface area (Å²) in [5, 5.41) is 0. The molecular weight excluding hydrogens is 198 g/mol. The van der Waals surface area contributed by atoms with Gasteiger partial charge in [0.25, 0.3) is 0 Å². The van der Waals surface area contributed by atoms with Crippen LogP contribution in [0.2, 0.25) is 0 Å². The molecule has 2 heterocycles. The Bertz CT molecular complexity index is 475. The second kappa shape index (κ2) is 3.23. The minimum Gasteiger partial charge on any atom is -0.286 e. The van der Waals surface area contributed by atoms with E-state index >= 15 is 0 Å². The summed E-state index contributed by atoms with van der Waals surface area (Å²) in [6, 6.07) is 8.46. The van der Waals surface area contributed by atoms with Crippen LogP contribution in [0.3, 0.4) is 0 Å². The number of benzene rings is 1. The van der Waals surface area contributed by atoms with Crippen LogP contribution >= 0.6 is 0 Å². The number of guanidine groups is 1. The lowest BCUT2D eigenvalue weighted by Crippen LogP contribution is -2.35. The van der Waals surface area contributed by atoms with E-state index in [0.717, 1.165) is 17.3 Å². The molecule has 0 saturated carbocycles. The van der Waals surface area contributed by atoms with Gasteiger partial charge < -0.3 is 0 Å². The summed E-state index contributed by atoms with van der Waals surface area (Å²) in [6.45, 7) is 5.93. The molecule has 1 atom stereocenters. The van der Waals surface area contributed by atoms with E-state index in [1.54, 1.807) is 0 Å². The van der Waals surface area contributed by atoms with Crippen LogP contribution in [0.5, 0.6) is 0 Å². The van der Waals surface area contributed by atoms with Crippen molar-refractivity contribution in [3.63, 3.8) is 0 Å². The predicted molar refractivity (Wildman–Crippen MR) is 67.6 cm³/mol. The Morgan fingerprint density at radius 2 is 2.06 bits per heavy atom. The molecule has 2 aliphatic rings. The Morgan fingerprint density at radius 3 is 2.81 bits per heavy atom. The van der Waals surface area contributed by atoms with E-state index in [9.17, 15) is 0 Å². The third kappa shape index (κ3) is 1.11. The van der Waals surface area contributed by atoms with Crippen LogP contribution in [-0.2, 0) is 0 Å². The highest BCUT2D eigenvalue weighted by Crippen LogP contribution is 2.38. The fourth-order valence-corrected chi connectivity index (χ4v) is 2.09. The number of aliphatic imine (C=N–C) groups is 1. The molecule has 1 unspecified atom stereocenters. The Kier molecular flexibility index (Phi) is 1.86. The maximum atomic E-state index is 4.62. The standard InChI is InChI=1S/C13H13N3/c1-3-15-11-6-4-5-7-12(11)16-9-8-10(2)14-13(15)16/h3-10H,1H2,2H3. The zero-order valence-corrected chi connectivity index (χ0v) is 9.17. The summed E-state index contributed by atoms with van der Waals surface area (Å²) in [4.78, 5) is 8.74. The third-order valence-corrected chi connectivity index (χ3v) is 2.85. The van der Waals surface area contributed by atoms with Crippen molar-refractivity contribution in [2.24, 2.45) is 4.99 Å². The zero-order valence-electron chi connectivity index (χ0n) is 9.17. The molecule has 0 fully saturated rings. The van der Waals surface area contributed by atoms with Crippen LogP contribution < -0.4 is 9.80 Å². The van der Waals surface area contributed by atoms with Gasteiger partial charge in [-0.25, -0.2) is 4.99 Å². The largest absolute Gasteiger partial charge is 0.286 e. The maximum Gasteiger partial charge on any atom is 0.214 e. The first-order valence-corrected chi connectivity index (χ1v) is 5.37. The van der Waals surface area contributed by atoms with Gasteiger partial charge in [0.2, 0.25) is 5.96 Å². The van der Waals surface area contributed by atoms with Gasteiger partial charge in [-0.05, 0) is 25.1 Å². The lowest BCUT2D eigenvalue weighted by molar-refractivity contribution is 0.896. The van der Waals surface area contributed by atoms with Gasteiger partial charge in [-0.15, -0.1) is 0 Å². The van der Waals surface area contributed by atoms with E-state index in [1.165, 1.54) is 0 Å². The predicted octanol–water partition coefficient (Wildman–Crippen LogP) is 2.73. The lowest BCUT2D eigenvalue weighted by Gasteiger charge is -2.22. The average Bonchev–Trinajstić information content (AvgIpc) is 2.61. The topological polar surface area (TPSA) is 18.8 Å². The van der Waals surface area contributed by atoms with Gasteiger partial charge >= 0.3 is 0 Å². The van der Waals surface area contributed by atoms with Crippen molar-refractivity contribution in [2.75, 3.05) is 9.80 Å². The number of hydrogen-bond acceptors (Lipinski definition) is 3. The zero-order chi connectivity index (χ0) is 11.1. The van der Waals surface area contributed by atoms with E-state index in [1.807, 2.05) is 23.2 Å². The summed E-state index contributed by atoms with van der Waals surface area (Å²) in [7, 11) is 0. The van der Waals surface area contributed by atoms with Crippen molar-refractivity contribution in [3.8, 4) is 0 Å². The molecule has 0 N–H and O–H groups in total. The van der Waals surface area contributed by atoms with Crippen LogP contribution in [0.15, 0.2) is 54.3 Å². The molecule has 3 nitrogen and oxygen atoms in total. The first kappa shape index (κ1) is 9.21. The highest BCUT2D eigenvalue weighted by Gasteiger charge is 2.31. The Morgan fingerprint density at radius 1 is 1.31 bits per heavy atom. The fourth-order valence-electron chi connectivity index (χ4n) is 2.09. The maximum absolute atomic E-state index is 4.62. The number of hydrogen-bond donors (Lipinski definition) is 0. The Balaban J connectivity index is 2.19. The molecule has 2 aliphatic heterocycles. The van der Waals surface area contributed by atoms with E-state index in [4.69, 9.17) is 0 Å². The molecule has 0 spiro atoms. The van der Waals surface area contributed by atoms with Crippen LogP contribution in [0.4, 0.5) is 11.4 Å². The second-order valence-corrected chi connectivity index (χ2v) is 3.92. The van der Waals surface area contributed by atoms with Crippen molar-refractivity contribution < 1.29 is 0 Å². The summed E-state index contributed by atoms with van der Waals surface area (Å²) in [6.07, 6.45) is 5.98. The van der Waals surface area contributed by atoms with Crippen LogP contribution in [0.25, 0.3) is 0 Å². The molecule has 0 saturated heterocycles. The van der Waals surface area contributed by atoms with Gasteiger partial charge in [-0.1, -0.05) is 18.7 Å². The van der Waals surface area contributed by atoms with E-state index in [0.29, 0.717) is 0 Å². The SMILES string of the molecule is C=CN1C2=NC(C)C=CN2c2ccccc21. The van der Waals surface area contributed by atoms with Crippen molar-refractivity contribution in [1.29, 1.82) is 0 Å². The van der Waals surface area contributed by atoms with Crippen LogP contribution in [-0.4, -0.2) is 12.0 Å². The minimum atomic E-state index is 0.225. The Labute approximate surface area is 95.0 Å². The van der Waals surface area contributed by atoms with E-state index < -0.39 is 0 Å². The van der Waals surface area contributed by atoms with Gasteiger partial charge in [0.1, 0.15) is 0 Å². The summed E-state index contributed by atoms with van der Waals surface area (Å²) < 4.78 is 0. The molecule has 0 aliphatic carbocycles. The van der Waals surface area contributed by atoms with Crippen molar-refractivity contribution in [3.05, 3.63) is 49.3 Å². The van der Waals surface area contributed by atoms with E-state index in [-0.39, 0.29) is 6.04 Å². The second-order valence-electron chi connectivity index (χ2n) is 3.92. The highest BCUT2D eigenvalue weighted by atomic mass is 15.4. The first-order chi connectivity index (χ1) is 7.81. The van der Waals surface area contributed by atoms with Crippen molar-refractivity contribution >= 4 is 17.3 Å². The molecule has 1 aromatic carbocycles. The number of para-hydroxylation sites is 2. The molecule has 0 radical (unpaired) electrons. The molecule has 0 bridgehead atoms. The summed E-state index contributed by atoms with van der Waals surface area (Å²) in [5.41, 5.74) is 2.29. The molecule has 16 heavy (non-hydrogen) atoms. The smallest absolute Gasteiger partial charge is 0.214 e. The van der Waals surface area contributed by atoms with Gasteiger partial charge in [0.05, 0.1) is 17.4 Å². The molecule has 80 valence electrons. The number of rotatable bonds is 1. The quantitative estimate of drug-likeness (QED) is 0.711. The molecule has 3 heteroatoms. The molecular formula is C13H13N3. The summed E-state index contributed by atoms with van der Waals surface area (Å²) >= 11 is 0. The Hall–Kier alpha value is -2.03. The summed E-state index contributed by atoms with van der Waals surface area (Å²) in [5.74, 6) is 0.936. The fraction of sp³-hybridized carbons (Fsp3) is 0.154. The van der Waals surface area contributed by atoms with Crippen LogP contribution in [0.1, 0.15) is 6.92 Å². The number of fused-ring (bicyclic) bond motifs is 3. The van der Waals surface area contributed by atoms with Gasteiger partial charge in [-0.2, -0.15) is 0 Å². The molecule has 1 aromatic rings. The third-order valence-electron chi connectivity index (χ3n) is 2.85. The monoisotopic (exact) mass is 211 g/mol. The average molecular weight is 211 g/mol. The number of anilines is 2. The van der Waals surface area contributed by atoms with Gasteiger partial charge in [0.15, 0.2) is 0 Å². The van der Waals surface area contributed by atoms with Gasteiger partial charge in [-0.3, -0.25) is 9.80 Å². The van der Waals surface area contributed by atoms with Gasteiger partial charge in [0, 0.05) is 12.4 Å².